The molecule has 12 aromatic rings. The maximum atomic E-state index is 7.14. The van der Waals surface area contributed by atoms with Crippen molar-refractivity contribution in [1.82, 2.24) is 19.5 Å². The standard InChI is InChI=1S/C51H30N4OS/c1-3-14-31(15-4-1)49-52-50(32-16-5-2-6-17-32)54-51(53-49)33-26-27-40-44(30-33)56-47-37(39-22-13-21-38-36-20-9-12-25-45(36)57-48(38)39)28-29-43(46(40)47)55-41-23-10-7-18-34(41)35-19-8-11-24-42(35)55/h1-30H. The van der Waals surface area contributed by atoms with Crippen molar-refractivity contribution in [3.05, 3.63) is 182 Å². The number of rotatable bonds is 5. The van der Waals surface area contributed by atoms with Gasteiger partial charge in [-0.2, -0.15) is 0 Å². The largest absolute Gasteiger partial charge is 0.455 e. The SMILES string of the molecule is c1ccc(-c2nc(-c3ccccc3)nc(-c3ccc4c(c3)oc3c(-c5cccc6c5sc5ccccc56)ccc(-n5c6ccccc6c6ccccc65)c34)n2)cc1. The molecule has 57 heavy (non-hydrogen) atoms. The number of thiophene rings is 1. The number of fused-ring (bicyclic) bond motifs is 9. The second-order valence-electron chi connectivity index (χ2n) is 14.3. The average Bonchev–Trinajstić information content (AvgIpc) is 3.97. The zero-order chi connectivity index (χ0) is 37.5. The van der Waals surface area contributed by atoms with Gasteiger partial charge in [0.05, 0.1) is 22.1 Å². The van der Waals surface area contributed by atoms with Crippen molar-refractivity contribution in [2.45, 2.75) is 0 Å². The molecule has 12 rings (SSSR count). The third kappa shape index (κ3) is 4.98. The summed E-state index contributed by atoms with van der Waals surface area (Å²) in [7, 11) is 0. The number of furan rings is 1. The van der Waals surface area contributed by atoms with E-state index in [9.17, 15) is 0 Å². The Labute approximate surface area is 330 Å². The van der Waals surface area contributed by atoms with Crippen molar-refractivity contribution in [2.24, 2.45) is 0 Å². The molecule has 4 heterocycles. The van der Waals surface area contributed by atoms with Crippen molar-refractivity contribution < 1.29 is 4.42 Å². The minimum Gasteiger partial charge on any atom is -0.455 e. The van der Waals surface area contributed by atoms with Crippen molar-refractivity contribution in [3.8, 4) is 51.0 Å². The van der Waals surface area contributed by atoms with Gasteiger partial charge in [-0.1, -0.05) is 140 Å². The molecule has 0 atom stereocenters. The molecule has 0 saturated carbocycles. The van der Waals surface area contributed by atoms with E-state index in [1.807, 2.05) is 72.0 Å². The van der Waals surface area contributed by atoms with Crippen molar-refractivity contribution in [1.29, 1.82) is 0 Å². The molecule has 4 aromatic heterocycles. The molecule has 8 aromatic carbocycles. The van der Waals surface area contributed by atoms with E-state index in [0.29, 0.717) is 17.5 Å². The predicted molar refractivity (Wildman–Crippen MR) is 236 cm³/mol. The zero-order valence-corrected chi connectivity index (χ0v) is 31.2. The summed E-state index contributed by atoms with van der Waals surface area (Å²) in [6.45, 7) is 0. The monoisotopic (exact) mass is 746 g/mol. The Hall–Kier alpha value is -7.41. The normalized spacial score (nSPS) is 11.9. The molecule has 266 valence electrons. The minimum absolute atomic E-state index is 0.586. The molecule has 0 unspecified atom stereocenters. The van der Waals surface area contributed by atoms with Crippen LogP contribution in [0.1, 0.15) is 0 Å². The lowest BCUT2D eigenvalue weighted by Crippen LogP contribution is -2.00. The fourth-order valence-corrected chi connectivity index (χ4v) is 9.71. The van der Waals surface area contributed by atoms with Gasteiger partial charge in [-0.15, -0.1) is 11.3 Å². The van der Waals surface area contributed by atoms with E-state index in [2.05, 4.69) is 126 Å². The highest BCUT2D eigenvalue weighted by molar-refractivity contribution is 7.26. The summed E-state index contributed by atoms with van der Waals surface area (Å²) in [4.78, 5) is 15.0. The van der Waals surface area contributed by atoms with Gasteiger partial charge in [0.2, 0.25) is 0 Å². The Morgan fingerprint density at radius 1 is 0.421 bits per heavy atom. The molecule has 0 bridgehead atoms. The summed E-state index contributed by atoms with van der Waals surface area (Å²) in [6.07, 6.45) is 0. The van der Waals surface area contributed by atoms with E-state index in [-0.39, 0.29) is 0 Å². The van der Waals surface area contributed by atoms with Crippen LogP contribution in [0, 0.1) is 0 Å². The summed E-state index contributed by atoms with van der Waals surface area (Å²) in [6, 6.07) is 63.7. The van der Waals surface area contributed by atoms with Crippen LogP contribution < -0.4 is 0 Å². The fraction of sp³-hybridized carbons (Fsp3) is 0. The first-order valence-corrected chi connectivity index (χ1v) is 19.8. The van der Waals surface area contributed by atoms with Crippen molar-refractivity contribution >= 4 is 75.3 Å². The second-order valence-corrected chi connectivity index (χ2v) is 15.4. The highest BCUT2D eigenvalue weighted by Gasteiger charge is 2.23. The molecule has 0 saturated heterocycles. The van der Waals surface area contributed by atoms with Crippen molar-refractivity contribution in [3.63, 3.8) is 0 Å². The van der Waals surface area contributed by atoms with Crippen molar-refractivity contribution in [2.75, 3.05) is 0 Å². The first-order valence-electron chi connectivity index (χ1n) is 19.0. The zero-order valence-electron chi connectivity index (χ0n) is 30.4. The Morgan fingerprint density at radius 2 is 1.00 bits per heavy atom. The molecule has 0 spiro atoms. The van der Waals surface area contributed by atoms with Crippen LogP contribution in [0.3, 0.4) is 0 Å². The molecule has 0 amide bonds. The molecule has 0 aliphatic carbocycles. The van der Waals surface area contributed by atoms with Crippen LogP contribution in [0.2, 0.25) is 0 Å². The Morgan fingerprint density at radius 3 is 1.68 bits per heavy atom. The van der Waals surface area contributed by atoms with Gasteiger partial charge in [-0.3, -0.25) is 0 Å². The van der Waals surface area contributed by atoms with Gasteiger partial charge in [0.25, 0.3) is 0 Å². The maximum absolute atomic E-state index is 7.14. The van der Waals surface area contributed by atoms with E-state index < -0.39 is 0 Å². The summed E-state index contributed by atoms with van der Waals surface area (Å²) in [5.74, 6) is 1.83. The van der Waals surface area contributed by atoms with Gasteiger partial charge in [-0.25, -0.2) is 15.0 Å². The van der Waals surface area contributed by atoms with Crippen LogP contribution in [0.4, 0.5) is 0 Å². The van der Waals surface area contributed by atoms with Crippen LogP contribution in [-0.2, 0) is 0 Å². The number of benzene rings is 8. The van der Waals surface area contributed by atoms with Crippen LogP contribution in [0.15, 0.2) is 186 Å². The van der Waals surface area contributed by atoms with Gasteiger partial charge in [0.15, 0.2) is 17.5 Å². The van der Waals surface area contributed by atoms with Crippen LogP contribution >= 0.6 is 11.3 Å². The molecule has 5 nitrogen and oxygen atoms in total. The molecule has 0 N–H and O–H groups in total. The Kier molecular flexibility index (Phi) is 7.03. The highest BCUT2D eigenvalue weighted by Crippen LogP contribution is 2.46. The first-order chi connectivity index (χ1) is 28.3. The third-order valence-electron chi connectivity index (χ3n) is 11.1. The van der Waals surface area contributed by atoms with E-state index in [1.165, 1.54) is 30.9 Å². The number of hydrogen-bond donors (Lipinski definition) is 0. The van der Waals surface area contributed by atoms with Gasteiger partial charge >= 0.3 is 0 Å². The molecular weight excluding hydrogens is 717 g/mol. The van der Waals surface area contributed by atoms with E-state index in [0.717, 1.165) is 66.5 Å². The molecule has 6 heteroatoms. The van der Waals surface area contributed by atoms with Gasteiger partial charge in [0, 0.05) is 64.1 Å². The summed E-state index contributed by atoms with van der Waals surface area (Å²) >= 11 is 1.83. The highest BCUT2D eigenvalue weighted by atomic mass is 32.1. The molecule has 0 aliphatic rings. The Balaban J connectivity index is 1.14. The van der Waals surface area contributed by atoms with Gasteiger partial charge in [-0.05, 0) is 42.5 Å². The van der Waals surface area contributed by atoms with Crippen LogP contribution in [0.5, 0.6) is 0 Å². The third-order valence-corrected chi connectivity index (χ3v) is 12.3. The van der Waals surface area contributed by atoms with Crippen LogP contribution in [-0.4, -0.2) is 19.5 Å². The second kappa shape index (κ2) is 12.6. The van der Waals surface area contributed by atoms with Crippen LogP contribution in [0.25, 0.3) is 115 Å². The van der Waals surface area contributed by atoms with E-state index in [4.69, 9.17) is 19.4 Å². The summed E-state index contributed by atoms with van der Waals surface area (Å²) in [5.41, 5.74) is 9.91. The average molecular weight is 747 g/mol. The molecule has 0 aliphatic heterocycles. The summed E-state index contributed by atoms with van der Waals surface area (Å²) in [5, 5.41) is 7.04. The van der Waals surface area contributed by atoms with Gasteiger partial charge in [0.1, 0.15) is 11.2 Å². The lowest BCUT2D eigenvalue weighted by atomic mass is 9.98. The molecule has 0 fully saturated rings. The lowest BCUT2D eigenvalue weighted by molar-refractivity contribution is 0.670. The Bertz CT molecular complexity index is 3420. The van der Waals surface area contributed by atoms with Gasteiger partial charge < -0.3 is 8.98 Å². The number of aromatic nitrogens is 4. The van der Waals surface area contributed by atoms with E-state index >= 15 is 0 Å². The minimum atomic E-state index is 0.586. The topological polar surface area (TPSA) is 56.7 Å². The predicted octanol–water partition coefficient (Wildman–Crippen LogP) is 13.9. The number of nitrogens with zero attached hydrogens (tertiary/aromatic N) is 4. The number of hydrogen-bond acceptors (Lipinski definition) is 5. The first kappa shape index (κ1) is 31.9. The summed E-state index contributed by atoms with van der Waals surface area (Å²) < 4.78 is 12.0. The lowest BCUT2D eigenvalue weighted by Gasteiger charge is -2.12. The van der Waals surface area contributed by atoms with E-state index in [1.54, 1.807) is 0 Å². The smallest absolute Gasteiger partial charge is 0.164 e. The fourth-order valence-electron chi connectivity index (χ4n) is 8.48. The number of para-hydroxylation sites is 2. The quantitative estimate of drug-likeness (QED) is 0.176. The molecular formula is C51H30N4OS. The molecule has 0 radical (unpaired) electrons. The maximum Gasteiger partial charge on any atom is 0.164 e.